The molecule has 1 aromatic rings. The summed E-state index contributed by atoms with van der Waals surface area (Å²) in [6, 6.07) is -1.57. The highest BCUT2D eigenvalue weighted by molar-refractivity contribution is 7.11. The number of nitrogens with zero attached hydrogens (tertiary/aromatic N) is 1. The van der Waals surface area contributed by atoms with Crippen LogP contribution in [-0.4, -0.2) is 28.1 Å². The summed E-state index contributed by atoms with van der Waals surface area (Å²) in [7, 11) is 0. The number of hydrogen-bond donors (Lipinski definition) is 3. The number of carbonyl (C=O) groups excluding carboxylic acids is 1. The smallest absolute Gasteiger partial charge is 0.326 e. The number of nitrogens with one attached hydrogen (secondary N) is 2. The van der Waals surface area contributed by atoms with Crippen LogP contribution in [0.25, 0.3) is 0 Å². The Morgan fingerprint density at radius 1 is 1.40 bits per heavy atom. The van der Waals surface area contributed by atoms with Crippen LogP contribution in [0, 0.1) is 0 Å². The van der Waals surface area contributed by atoms with E-state index in [9.17, 15) is 9.59 Å². The third-order valence-corrected chi connectivity index (χ3v) is 4.14. The van der Waals surface area contributed by atoms with E-state index < -0.39 is 18.0 Å². The van der Waals surface area contributed by atoms with Gasteiger partial charge in [-0.25, -0.2) is 14.6 Å². The molecular formula is C13H21N3O3S. The predicted octanol–water partition coefficient (Wildman–Crippen LogP) is 2.32. The van der Waals surface area contributed by atoms with E-state index in [1.165, 1.54) is 0 Å². The number of carboxylic acids is 1. The second-order valence-corrected chi connectivity index (χ2v) is 5.68. The molecule has 0 aliphatic carbocycles. The lowest BCUT2D eigenvalue weighted by Gasteiger charge is -2.16. The highest BCUT2D eigenvalue weighted by atomic mass is 32.1. The van der Waals surface area contributed by atoms with Crippen LogP contribution in [-0.2, 0) is 11.2 Å². The van der Waals surface area contributed by atoms with Crippen LogP contribution in [0.2, 0.25) is 0 Å². The molecule has 0 radical (unpaired) electrons. The first kappa shape index (κ1) is 16.4. The Bertz CT molecular complexity index is 461. The monoisotopic (exact) mass is 299 g/mol. The van der Waals surface area contributed by atoms with E-state index >= 15 is 0 Å². The number of hydrogen-bond acceptors (Lipinski definition) is 4. The molecule has 0 saturated heterocycles. The van der Waals surface area contributed by atoms with Gasteiger partial charge in [0, 0.05) is 11.1 Å². The molecule has 0 bridgehead atoms. The van der Waals surface area contributed by atoms with Crippen molar-refractivity contribution < 1.29 is 14.7 Å². The summed E-state index contributed by atoms with van der Waals surface area (Å²) in [4.78, 5) is 28.2. The van der Waals surface area contributed by atoms with E-state index in [1.54, 1.807) is 17.5 Å². The number of rotatable bonds is 7. The van der Waals surface area contributed by atoms with Crippen molar-refractivity contribution in [2.75, 3.05) is 0 Å². The Morgan fingerprint density at radius 3 is 2.60 bits per heavy atom. The van der Waals surface area contributed by atoms with E-state index in [2.05, 4.69) is 15.6 Å². The zero-order chi connectivity index (χ0) is 15.1. The van der Waals surface area contributed by atoms with Gasteiger partial charge in [-0.2, -0.15) is 0 Å². The van der Waals surface area contributed by atoms with Crippen LogP contribution in [0.5, 0.6) is 0 Å². The molecule has 112 valence electrons. The predicted molar refractivity (Wildman–Crippen MR) is 77.9 cm³/mol. The van der Waals surface area contributed by atoms with E-state index in [1.807, 2.05) is 20.8 Å². The molecule has 0 fully saturated rings. The molecule has 20 heavy (non-hydrogen) atoms. The lowest BCUT2D eigenvalue weighted by molar-refractivity contribution is -0.139. The Labute approximate surface area is 122 Å². The lowest BCUT2D eigenvalue weighted by atomic mass is 10.2. The first-order valence-electron chi connectivity index (χ1n) is 6.72. The normalized spacial score (nSPS) is 13.6. The number of amides is 2. The number of carbonyl (C=O) groups is 2. The standard InChI is InChI=1S/C13H21N3O3S/c1-4-6-10(12(17)18)16-13(19)15-8(3)11-14-7-9(5-2)20-11/h7-8,10H,4-6H2,1-3H3,(H,17,18)(H2,15,16,19). The summed E-state index contributed by atoms with van der Waals surface area (Å²) in [6.45, 7) is 5.75. The molecule has 1 aromatic heterocycles. The largest absolute Gasteiger partial charge is 0.480 e. The molecule has 0 aliphatic rings. The number of urea groups is 1. The van der Waals surface area contributed by atoms with Gasteiger partial charge in [-0.15, -0.1) is 11.3 Å². The maximum Gasteiger partial charge on any atom is 0.326 e. The Balaban J connectivity index is 2.54. The van der Waals surface area contributed by atoms with E-state index in [4.69, 9.17) is 5.11 Å². The zero-order valence-electron chi connectivity index (χ0n) is 12.0. The summed E-state index contributed by atoms with van der Waals surface area (Å²) in [5.74, 6) is -1.02. The number of aromatic nitrogens is 1. The molecule has 6 nitrogen and oxygen atoms in total. The number of thiazole rings is 1. The minimum absolute atomic E-state index is 0.239. The molecule has 0 aromatic carbocycles. The second-order valence-electron chi connectivity index (χ2n) is 4.54. The molecule has 3 N–H and O–H groups in total. The van der Waals surface area contributed by atoms with Crippen molar-refractivity contribution in [3.63, 3.8) is 0 Å². The van der Waals surface area contributed by atoms with Crippen LogP contribution in [0.1, 0.15) is 49.5 Å². The van der Waals surface area contributed by atoms with Crippen molar-refractivity contribution in [1.82, 2.24) is 15.6 Å². The fraction of sp³-hybridized carbons (Fsp3) is 0.615. The van der Waals surface area contributed by atoms with Gasteiger partial charge < -0.3 is 15.7 Å². The molecule has 0 aliphatic heterocycles. The van der Waals surface area contributed by atoms with Gasteiger partial charge in [-0.3, -0.25) is 0 Å². The Hall–Kier alpha value is -1.63. The molecule has 1 heterocycles. The molecule has 1 rings (SSSR count). The number of aliphatic carboxylic acids is 1. The average Bonchev–Trinajstić information content (AvgIpc) is 2.86. The van der Waals surface area contributed by atoms with Gasteiger partial charge in [-0.1, -0.05) is 20.3 Å². The van der Waals surface area contributed by atoms with Crippen molar-refractivity contribution in [2.45, 2.75) is 52.1 Å². The molecule has 2 amide bonds. The molecule has 0 saturated carbocycles. The third-order valence-electron chi connectivity index (χ3n) is 2.82. The van der Waals surface area contributed by atoms with Crippen LogP contribution >= 0.6 is 11.3 Å². The van der Waals surface area contributed by atoms with Gasteiger partial charge in [0.2, 0.25) is 0 Å². The first-order chi connectivity index (χ1) is 9.47. The maximum atomic E-state index is 11.8. The summed E-state index contributed by atoms with van der Waals surface area (Å²) >= 11 is 1.55. The molecule has 0 spiro atoms. The van der Waals surface area contributed by atoms with Crippen molar-refractivity contribution in [1.29, 1.82) is 0 Å². The van der Waals surface area contributed by atoms with Crippen LogP contribution < -0.4 is 10.6 Å². The SMILES string of the molecule is CCCC(NC(=O)NC(C)c1ncc(CC)s1)C(=O)O. The molecule has 7 heteroatoms. The minimum Gasteiger partial charge on any atom is -0.480 e. The van der Waals surface area contributed by atoms with Gasteiger partial charge in [0.05, 0.1) is 6.04 Å². The van der Waals surface area contributed by atoms with E-state index in [0.29, 0.717) is 12.8 Å². The van der Waals surface area contributed by atoms with Crippen LogP contribution in [0.4, 0.5) is 4.79 Å². The van der Waals surface area contributed by atoms with E-state index in [-0.39, 0.29) is 6.04 Å². The van der Waals surface area contributed by atoms with Gasteiger partial charge >= 0.3 is 12.0 Å². The molecular weight excluding hydrogens is 278 g/mol. The first-order valence-corrected chi connectivity index (χ1v) is 7.54. The summed E-state index contributed by atoms with van der Waals surface area (Å²) in [5.41, 5.74) is 0. The fourth-order valence-electron chi connectivity index (χ4n) is 1.69. The lowest BCUT2D eigenvalue weighted by Crippen LogP contribution is -2.46. The summed E-state index contributed by atoms with van der Waals surface area (Å²) in [5, 5.41) is 15.0. The van der Waals surface area contributed by atoms with Gasteiger partial charge in [0.15, 0.2) is 0 Å². The average molecular weight is 299 g/mol. The maximum absolute atomic E-state index is 11.8. The Morgan fingerprint density at radius 2 is 2.10 bits per heavy atom. The third kappa shape index (κ3) is 4.80. The van der Waals surface area contributed by atoms with E-state index in [0.717, 1.165) is 16.3 Å². The zero-order valence-corrected chi connectivity index (χ0v) is 12.8. The number of carboxylic acid groups (broad SMARTS) is 1. The fourth-order valence-corrected chi connectivity index (χ4v) is 2.55. The molecule has 2 unspecified atom stereocenters. The topological polar surface area (TPSA) is 91.3 Å². The molecule has 2 atom stereocenters. The van der Waals surface area contributed by atoms with Crippen molar-refractivity contribution >= 4 is 23.3 Å². The van der Waals surface area contributed by atoms with Gasteiger partial charge in [0.25, 0.3) is 0 Å². The highest BCUT2D eigenvalue weighted by Crippen LogP contribution is 2.20. The van der Waals surface area contributed by atoms with Crippen LogP contribution in [0.15, 0.2) is 6.20 Å². The summed E-state index contributed by atoms with van der Waals surface area (Å²) < 4.78 is 0. The number of aryl methyl sites for hydroxylation is 1. The highest BCUT2D eigenvalue weighted by Gasteiger charge is 2.20. The minimum atomic E-state index is -1.02. The Kier molecular flexibility index (Phi) is 6.44. The van der Waals surface area contributed by atoms with Crippen molar-refractivity contribution in [3.05, 3.63) is 16.1 Å². The van der Waals surface area contributed by atoms with Crippen molar-refractivity contribution in [2.24, 2.45) is 0 Å². The van der Waals surface area contributed by atoms with Gasteiger partial charge in [0.1, 0.15) is 11.0 Å². The quantitative estimate of drug-likeness (QED) is 0.720. The second kappa shape index (κ2) is 7.84. The van der Waals surface area contributed by atoms with Gasteiger partial charge in [-0.05, 0) is 19.8 Å². The van der Waals surface area contributed by atoms with Crippen molar-refractivity contribution in [3.8, 4) is 0 Å². The summed E-state index contributed by atoms with van der Waals surface area (Å²) in [6.07, 6.45) is 3.81. The van der Waals surface area contributed by atoms with Crippen LogP contribution in [0.3, 0.4) is 0 Å².